The summed E-state index contributed by atoms with van der Waals surface area (Å²) in [4.78, 5) is 19.3. The molecule has 1 amide bonds. The van der Waals surface area contributed by atoms with Gasteiger partial charge in [-0.15, -0.1) is 0 Å². The molecule has 1 fully saturated rings. The first-order valence-corrected chi connectivity index (χ1v) is 13.7. The summed E-state index contributed by atoms with van der Waals surface area (Å²) in [5, 5.41) is 19.0. The monoisotopic (exact) mass is 546 g/mol. The molecule has 9 nitrogen and oxygen atoms in total. The lowest BCUT2D eigenvalue weighted by molar-refractivity contribution is -0.137. The number of hydrogen-bond donors (Lipinski definition) is 1. The molecule has 0 spiro atoms. The Hall–Kier alpha value is -3.75. The van der Waals surface area contributed by atoms with E-state index >= 15 is 0 Å². The van der Waals surface area contributed by atoms with Crippen LogP contribution in [0.5, 0.6) is 0 Å². The van der Waals surface area contributed by atoms with E-state index in [1.165, 1.54) is 24.0 Å². The van der Waals surface area contributed by atoms with E-state index in [1.54, 1.807) is 35.5 Å². The van der Waals surface area contributed by atoms with Gasteiger partial charge in [0.1, 0.15) is 11.1 Å². The summed E-state index contributed by atoms with van der Waals surface area (Å²) in [7, 11) is 1.84. The highest BCUT2D eigenvalue weighted by Crippen LogP contribution is 2.38. The minimum atomic E-state index is -0.887. The predicted octanol–water partition coefficient (Wildman–Crippen LogP) is 4.74. The van der Waals surface area contributed by atoms with Crippen molar-refractivity contribution in [3.8, 4) is 17.2 Å². The zero-order valence-electron chi connectivity index (χ0n) is 22.4. The van der Waals surface area contributed by atoms with Crippen molar-refractivity contribution in [2.45, 2.75) is 74.0 Å². The smallest absolute Gasteiger partial charge is 0.242 e. The Morgan fingerprint density at radius 3 is 2.67 bits per heavy atom. The van der Waals surface area contributed by atoms with E-state index in [-0.39, 0.29) is 23.0 Å². The van der Waals surface area contributed by atoms with Gasteiger partial charge in [-0.05, 0) is 64.7 Å². The molecule has 0 radical (unpaired) electrons. The van der Waals surface area contributed by atoms with Crippen LogP contribution in [0, 0.1) is 24.1 Å². The second kappa shape index (κ2) is 10.4. The molecule has 2 N–H and O–H groups in total. The number of halogens is 1. The third-order valence-corrected chi connectivity index (χ3v) is 8.44. The van der Waals surface area contributed by atoms with Gasteiger partial charge in [0.25, 0.3) is 0 Å². The molecule has 39 heavy (non-hydrogen) atoms. The molecule has 4 aromatic heterocycles. The third kappa shape index (κ3) is 5.14. The highest BCUT2D eigenvalue weighted by Gasteiger charge is 2.33. The summed E-state index contributed by atoms with van der Waals surface area (Å²) in [6.45, 7) is 5.52. The van der Waals surface area contributed by atoms with E-state index in [9.17, 15) is 14.4 Å². The van der Waals surface area contributed by atoms with Gasteiger partial charge in [-0.2, -0.15) is 15.5 Å². The number of rotatable bonds is 6. The number of carbonyl (C=O) groups is 1. The van der Waals surface area contributed by atoms with Gasteiger partial charge in [-0.3, -0.25) is 9.48 Å². The Balaban J connectivity index is 1.42. The molecule has 11 heteroatoms. The summed E-state index contributed by atoms with van der Waals surface area (Å²) in [6, 6.07) is 7.41. The van der Waals surface area contributed by atoms with Gasteiger partial charge in [0.15, 0.2) is 5.82 Å². The van der Waals surface area contributed by atoms with Gasteiger partial charge in [0, 0.05) is 47.2 Å². The number of fused-ring (bicyclic) bond motifs is 1. The van der Waals surface area contributed by atoms with Crippen LogP contribution in [0.3, 0.4) is 0 Å². The fourth-order valence-electron chi connectivity index (χ4n) is 5.33. The van der Waals surface area contributed by atoms with Gasteiger partial charge in [0.05, 0.1) is 35.1 Å². The molecule has 0 unspecified atom stereocenters. The van der Waals surface area contributed by atoms with Crippen molar-refractivity contribution in [2.75, 3.05) is 7.05 Å². The lowest BCUT2D eigenvalue weighted by Crippen LogP contribution is -2.53. The normalized spacial score (nSPS) is 17.8. The molecule has 0 aliphatic heterocycles. The number of nitriles is 1. The first kappa shape index (κ1) is 26.8. The molecule has 1 saturated carbocycles. The average Bonchev–Trinajstić information content (AvgIpc) is 3.52. The molecule has 0 bridgehead atoms. The Labute approximate surface area is 230 Å². The summed E-state index contributed by atoms with van der Waals surface area (Å²) < 4.78 is 18.2. The van der Waals surface area contributed by atoms with Crippen molar-refractivity contribution in [1.29, 1.82) is 5.26 Å². The molecule has 1 aliphatic rings. The number of nitrogens with two attached hydrogens (primary N) is 1. The highest BCUT2D eigenvalue weighted by molar-refractivity contribution is 7.99. The molecular formula is C28H31FN8OS. The van der Waals surface area contributed by atoms with Crippen LogP contribution in [0.1, 0.15) is 56.8 Å². The summed E-state index contributed by atoms with van der Waals surface area (Å²) in [5.41, 5.74) is 8.98. The van der Waals surface area contributed by atoms with Crippen LogP contribution in [0.15, 0.2) is 52.9 Å². The first-order chi connectivity index (χ1) is 18.6. The lowest BCUT2D eigenvalue weighted by atomic mass is 9.89. The SMILES string of the molecule is Cc1c(-c2cc(Sc3ncccc3F)c3c(C#N)cnn3c2)cnn1C1CCC(N(C)C(=O)C(C)(C)N)CC1. The van der Waals surface area contributed by atoms with Crippen LogP contribution >= 0.6 is 11.8 Å². The maximum atomic E-state index is 14.4. The number of likely N-dealkylation sites (N-methyl/N-ethyl adjacent to an activating group) is 1. The number of nitrogens with zero attached hydrogens (tertiary/aromatic N) is 7. The van der Waals surface area contributed by atoms with Crippen molar-refractivity contribution < 1.29 is 9.18 Å². The summed E-state index contributed by atoms with van der Waals surface area (Å²) in [6.07, 6.45) is 10.3. The molecule has 0 aromatic carbocycles. The number of amides is 1. The number of pyridine rings is 2. The Bertz CT molecular complexity index is 1570. The number of aromatic nitrogens is 5. The van der Waals surface area contributed by atoms with Gasteiger partial charge >= 0.3 is 0 Å². The second-order valence-electron chi connectivity index (χ2n) is 10.6. The van der Waals surface area contributed by atoms with Gasteiger partial charge in [-0.1, -0.05) is 11.8 Å². The van der Waals surface area contributed by atoms with Gasteiger partial charge in [0.2, 0.25) is 5.91 Å². The largest absolute Gasteiger partial charge is 0.341 e. The summed E-state index contributed by atoms with van der Waals surface area (Å²) >= 11 is 1.17. The molecule has 0 atom stereocenters. The topological polar surface area (TPSA) is 118 Å². The maximum Gasteiger partial charge on any atom is 0.242 e. The molecule has 202 valence electrons. The molecular weight excluding hydrogens is 515 g/mol. The zero-order valence-corrected chi connectivity index (χ0v) is 23.2. The van der Waals surface area contributed by atoms with Crippen molar-refractivity contribution in [1.82, 2.24) is 29.3 Å². The molecule has 1 aliphatic carbocycles. The standard InChI is InChI=1S/C28H31FN8OS/c1-17-22(15-34-37(17)21-9-7-20(8-10-21)35(4)27(38)28(2,3)31)18-12-24(39-26-23(29)6-5-11-32-26)25-19(13-30)14-33-36(25)16-18/h5-6,11-12,14-16,20-21H,7-10,31H2,1-4H3. The quantitative estimate of drug-likeness (QED) is 0.371. The fraction of sp³-hybridized carbons (Fsp3) is 0.393. The second-order valence-corrected chi connectivity index (χ2v) is 11.7. The van der Waals surface area contributed by atoms with Crippen LogP contribution in [0.4, 0.5) is 4.39 Å². The fourth-order valence-corrected chi connectivity index (χ4v) is 6.30. The van der Waals surface area contributed by atoms with Crippen LogP contribution in [0.2, 0.25) is 0 Å². The molecule has 4 heterocycles. The van der Waals surface area contributed by atoms with Crippen molar-refractivity contribution in [2.24, 2.45) is 5.73 Å². The van der Waals surface area contributed by atoms with E-state index in [4.69, 9.17) is 10.8 Å². The molecule has 0 saturated heterocycles. The average molecular weight is 547 g/mol. The van der Waals surface area contributed by atoms with E-state index in [0.29, 0.717) is 16.0 Å². The maximum absolute atomic E-state index is 14.4. The minimum absolute atomic E-state index is 0.0451. The van der Waals surface area contributed by atoms with Crippen molar-refractivity contribution in [3.05, 3.63) is 60.1 Å². The van der Waals surface area contributed by atoms with Crippen LogP contribution in [-0.2, 0) is 4.79 Å². The Morgan fingerprint density at radius 2 is 2.00 bits per heavy atom. The lowest BCUT2D eigenvalue weighted by Gasteiger charge is -2.37. The first-order valence-electron chi connectivity index (χ1n) is 12.9. The predicted molar refractivity (Wildman–Crippen MR) is 147 cm³/mol. The van der Waals surface area contributed by atoms with Gasteiger partial charge in [-0.25, -0.2) is 13.9 Å². The zero-order chi connectivity index (χ0) is 27.9. The Morgan fingerprint density at radius 1 is 1.26 bits per heavy atom. The van der Waals surface area contributed by atoms with Crippen LogP contribution in [-0.4, -0.2) is 53.8 Å². The van der Waals surface area contributed by atoms with Crippen molar-refractivity contribution in [3.63, 3.8) is 0 Å². The van der Waals surface area contributed by atoms with E-state index < -0.39 is 11.4 Å². The number of carbonyl (C=O) groups excluding carboxylic acids is 1. The van der Waals surface area contributed by atoms with E-state index in [1.807, 2.05) is 32.4 Å². The number of hydrogen-bond acceptors (Lipinski definition) is 7. The van der Waals surface area contributed by atoms with Gasteiger partial charge < -0.3 is 10.6 Å². The highest BCUT2D eigenvalue weighted by atomic mass is 32.2. The Kier molecular flexibility index (Phi) is 7.18. The van der Waals surface area contributed by atoms with E-state index in [0.717, 1.165) is 42.5 Å². The molecule has 4 aromatic rings. The minimum Gasteiger partial charge on any atom is -0.341 e. The van der Waals surface area contributed by atoms with E-state index in [2.05, 4.69) is 20.8 Å². The van der Waals surface area contributed by atoms with Crippen LogP contribution < -0.4 is 5.73 Å². The summed E-state index contributed by atoms with van der Waals surface area (Å²) in [5.74, 6) is -0.470. The van der Waals surface area contributed by atoms with Crippen molar-refractivity contribution >= 4 is 23.2 Å². The third-order valence-electron chi connectivity index (χ3n) is 7.42. The molecule has 5 rings (SSSR count). The van der Waals surface area contributed by atoms with Crippen LogP contribution in [0.25, 0.3) is 16.6 Å².